The van der Waals surface area contributed by atoms with Crippen molar-refractivity contribution in [3.63, 3.8) is 0 Å². The van der Waals surface area contributed by atoms with Crippen molar-refractivity contribution in [2.75, 3.05) is 18.8 Å². The molecule has 0 aliphatic heterocycles. The number of benzene rings is 1. The van der Waals surface area contributed by atoms with Crippen molar-refractivity contribution >= 4 is 11.8 Å². The predicted molar refractivity (Wildman–Crippen MR) is 67.2 cm³/mol. The van der Waals surface area contributed by atoms with E-state index in [0.29, 0.717) is 11.7 Å². The molecule has 1 unspecified atom stereocenters. The zero-order chi connectivity index (χ0) is 12.0. The molecule has 16 heavy (non-hydrogen) atoms. The quantitative estimate of drug-likeness (QED) is 0.753. The van der Waals surface area contributed by atoms with Gasteiger partial charge in [-0.1, -0.05) is 13.0 Å². The minimum Gasteiger partial charge on any atom is -0.504 e. The van der Waals surface area contributed by atoms with Crippen LogP contribution in [-0.4, -0.2) is 29.0 Å². The van der Waals surface area contributed by atoms with Crippen LogP contribution in [0, 0.1) is 0 Å². The molecule has 0 heterocycles. The highest BCUT2D eigenvalue weighted by Gasteiger charge is 2.12. The fourth-order valence-electron chi connectivity index (χ4n) is 1.59. The number of phenols is 1. The van der Waals surface area contributed by atoms with Crippen LogP contribution in [0.15, 0.2) is 18.2 Å². The van der Waals surface area contributed by atoms with Crippen LogP contribution in [-0.2, 0) is 0 Å². The van der Waals surface area contributed by atoms with Crippen LogP contribution in [0.4, 0.5) is 0 Å². The third-order valence-corrected chi connectivity index (χ3v) is 3.40. The van der Waals surface area contributed by atoms with Crippen LogP contribution >= 0.6 is 11.8 Å². The number of thioether (sulfide) groups is 1. The zero-order valence-corrected chi connectivity index (χ0v) is 10.5. The van der Waals surface area contributed by atoms with Crippen molar-refractivity contribution in [2.24, 2.45) is 0 Å². The lowest BCUT2D eigenvalue weighted by molar-refractivity contribution is 0.372. The molecule has 2 N–H and O–H groups in total. The second-order valence-electron chi connectivity index (χ2n) is 3.54. The molecule has 0 aromatic heterocycles. The van der Waals surface area contributed by atoms with Crippen LogP contribution in [0.5, 0.6) is 11.5 Å². The Morgan fingerprint density at radius 2 is 2.19 bits per heavy atom. The Morgan fingerprint density at radius 1 is 1.44 bits per heavy atom. The van der Waals surface area contributed by atoms with Gasteiger partial charge in [-0.15, -0.1) is 11.8 Å². The summed E-state index contributed by atoms with van der Waals surface area (Å²) >= 11 is 1.51. The Morgan fingerprint density at radius 3 is 2.75 bits per heavy atom. The van der Waals surface area contributed by atoms with Crippen molar-refractivity contribution in [3.8, 4) is 11.5 Å². The van der Waals surface area contributed by atoms with Gasteiger partial charge in [0.05, 0.1) is 13.0 Å². The van der Waals surface area contributed by atoms with E-state index in [4.69, 9.17) is 9.84 Å². The summed E-state index contributed by atoms with van der Waals surface area (Å²) in [5, 5.41) is 18.3. The van der Waals surface area contributed by atoms with Gasteiger partial charge in [-0.25, -0.2) is 0 Å². The van der Waals surface area contributed by atoms with Crippen LogP contribution in [0.2, 0.25) is 0 Å². The summed E-state index contributed by atoms with van der Waals surface area (Å²) in [6.07, 6.45) is 1.00. The van der Waals surface area contributed by atoms with Gasteiger partial charge in [0.1, 0.15) is 0 Å². The molecule has 0 spiro atoms. The molecule has 0 saturated heterocycles. The number of phenolic OH excluding ortho intramolecular Hbond substituents is 1. The lowest BCUT2D eigenvalue weighted by atomic mass is 9.98. The van der Waals surface area contributed by atoms with Gasteiger partial charge in [0, 0.05) is 5.75 Å². The van der Waals surface area contributed by atoms with E-state index < -0.39 is 0 Å². The molecule has 90 valence electrons. The van der Waals surface area contributed by atoms with E-state index in [0.717, 1.165) is 17.7 Å². The molecule has 0 aliphatic rings. The smallest absolute Gasteiger partial charge is 0.160 e. The summed E-state index contributed by atoms with van der Waals surface area (Å²) < 4.78 is 5.08. The number of rotatable bonds is 6. The minimum atomic E-state index is 0.145. The maximum Gasteiger partial charge on any atom is 0.160 e. The van der Waals surface area contributed by atoms with Crippen LogP contribution in [0.25, 0.3) is 0 Å². The highest BCUT2D eigenvalue weighted by Crippen LogP contribution is 2.32. The molecule has 1 aromatic carbocycles. The average Bonchev–Trinajstić information content (AvgIpc) is 2.32. The molecule has 0 saturated carbocycles. The molecule has 1 atom stereocenters. The number of ether oxygens (including phenoxy) is 1. The van der Waals surface area contributed by atoms with Crippen molar-refractivity contribution < 1.29 is 14.9 Å². The molecule has 1 aromatic rings. The van der Waals surface area contributed by atoms with E-state index in [9.17, 15) is 5.11 Å². The Kier molecular flexibility index (Phi) is 5.49. The van der Waals surface area contributed by atoms with E-state index in [1.54, 1.807) is 13.2 Å². The van der Waals surface area contributed by atoms with Gasteiger partial charge in [-0.3, -0.25) is 0 Å². The second-order valence-corrected chi connectivity index (χ2v) is 4.54. The highest BCUT2D eigenvalue weighted by atomic mass is 32.2. The summed E-state index contributed by atoms with van der Waals surface area (Å²) in [6.45, 7) is 2.11. The van der Waals surface area contributed by atoms with Crippen LogP contribution in [0.3, 0.4) is 0 Å². The van der Waals surface area contributed by atoms with Crippen molar-refractivity contribution in [2.45, 2.75) is 19.3 Å². The molecule has 0 bridgehead atoms. The summed E-state index contributed by atoms with van der Waals surface area (Å²) in [6, 6.07) is 5.42. The van der Waals surface area contributed by atoms with Crippen molar-refractivity contribution in [3.05, 3.63) is 23.8 Å². The summed E-state index contributed by atoms with van der Waals surface area (Å²) in [4.78, 5) is 0. The van der Waals surface area contributed by atoms with Gasteiger partial charge in [0.15, 0.2) is 11.5 Å². The predicted octanol–water partition coefficient (Wildman–Crippen LogP) is 2.58. The SMILES string of the molecule is CCC(CSCO)c1ccc(O)c(OC)c1. The molecular weight excluding hydrogens is 224 g/mol. The first kappa shape index (κ1) is 13.2. The first-order chi connectivity index (χ1) is 7.72. The number of hydrogen-bond acceptors (Lipinski definition) is 4. The van der Waals surface area contributed by atoms with Gasteiger partial charge >= 0.3 is 0 Å². The number of methoxy groups -OCH3 is 1. The van der Waals surface area contributed by atoms with Crippen LogP contribution < -0.4 is 4.74 Å². The molecular formula is C12H18O3S. The lowest BCUT2D eigenvalue weighted by Gasteiger charge is -2.15. The van der Waals surface area contributed by atoms with E-state index in [1.807, 2.05) is 12.1 Å². The topological polar surface area (TPSA) is 49.7 Å². The molecule has 0 amide bonds. The highest BCUT2D eigenvalue weighted by molar-refractivity contribution is 7.99. The third kappa shape index (κ3) is 3.32. The normalized spacial score (nSPS) is 12.4. The van der Waals surface area contributed by atoms with Crippen molar-refractivity contribution in [1.82, 2.24) is 0 Å². The molecule has 3 nitrogen and oxygen atoms in total. The fourth-order valence-corrected chi connectivity index (χ4v) is 2.41. The third-order valence-electron chi connectivity index (χ3n) is 2.58. The average molecular weight is 242 g/mol. The Balaban J connectivity index is 2.83. The summed E-state index contributed by atoms with van der Waals surface area (Å²) in [7, 11) is 1.54. The van der Waals surface area contributed by atoms with Gasteiger partial charge in [0.25, 0.3) is 0 Å². The zero-order valence-electron chi connectivity index (χ0n) is 9.64. The Bertz CT molecular complexity index is 328. The molecule has 0 fully saturated rings. The molecule has 0 aliphatic carbocycles. The monoisotopic (exact) mass is 242 g/mol. The van der Waals surface area contributed by atoms with Crippen LogP contribution in [0.1, 0.15) is 24.8 Å². The van der Waals surface area contributed by atoms with Crippen molar-refractivity contribution in [1.29, 1.82) is 0 Å². The summed E-state index contributed by atoms with van der Waals surface area (Å²) in [5.41, 5.74) is 1.14. The minimum absolute atomic E-state index is 0.145. The first-order valence-corrected chi connectivity index (χ1v) is 6.43. The van der Waals surface area contributed by atoms with Gasteiger partial charge < -0.3 is 14.9 Å². The number of hydrogen-bond donors (Lipinski definition) is 2. The molecule has 4 heteroatoms. The van der Waals surface area contributed by atoms with E-state index in [2.05, 4.69) is 6.92 Å². The van der Waals surface area contributed by atoms with Gasteiger partial charge in [-0.05, 0) is 30.0 Å². The Labute approximate surface area is 100 Å². The van der Waals surface area contributed by atoms with Gasteiger partial charge in [0.2, 0.25) is 0 Å². The maximum atomic E-state index is 9.50. The van der Waals surface area contributed by atoms with E-state index in [-0.39, 0.29) is 11.7 Å². The lowest BCUT2D eigenvalue weighted by Crippen LogP contribution is -2.01. The van der Waals surface area contributed by atoms with E-state index >= 15 is 0 Å². The molecule has 1 rings (SSSR count). The maximum absolute atomic E-state index is 9.50. The number of aliphatic hydroxyl groups is 1. The first-order valence-electron chi connectivity index (χ1n) is 5.28. The number of aliphatic hydroxyl groups excluding tert-OH is 1. The number of aromatic hydroxyl groups is 1. The summed E-state index contributed by atoms with van der Waals surface area (Å²) in [5.74, 6) is 2.07. The van der Waals surface area contributed by atoms with E-state index in [1.165, 1.54) is 11.8 Å². The second kappa shape index (κ2) is 6.66. The molecule has 0 radical (unpaired) electrons. The Hall–Kier alpha value is -0.870. The van der Waals surface area contributed by atoms with Gasteiger partial charge in [-0.2, -0.15) is 0 Å². The fraction of sp³-hybridized carbons (Fsp3) is 0.500. The largest absolute Gasteiger partial charge is 0.504 e. The standard InChI is InChI=1S/C12H18O3S/c1-3-9(7-16-8-13)10-4-5-11(14)12(6-10)15-2/h4-6,9,13-14H,3,7-8H2,1-2H3.